The average molecular weight is 286 g/mol. The van der Waals surface area contributed by atoms with Gasteiger partial charge in [0.05, 0.1) is 17.6 Å². The fraction of sp³-hybridized carbons (Fsp3) is 0.400. The number of carbonyl (C=O) groups is 1. The second-order valence-electron chi connectivity index (χ2n) is 5.12. The highest BCUT2D eigenvalue weighted by atomic mass is 16.3. The fourth-order valence-corrected chi connectivity index (χ4v) is 2.59. The summed E-state index contributed by atoms with van der Waals surface area (Å²) in [7, 11) is 0. The van der Waals surface area contributed by atoms with Crippen molar-refractivity contribution in [1.82, 2.24) is 19.8 Å². The van der Waals surface area contributed by atoms with E-state index >= 15 is 0 Å². The molecule has 21 heavy (non-hydrogen) atoms. The molecule has 1 saturated heterocycles. The van der Waals surface area contributed by atoms with Crippen molar-refractivity contribution < 1.29 is 9.90 Å². The van der Waals surface area contributed by atoms with Crippen LogP contribution >= 0.6 is 0 Å². The minimum Gasteiger partial charge on any atom is -0.395 e. The molecule has 0 unspecified atom stereocenters. The van der Waals surface area contributed by atoms with Crippen molar-refractivity contribution in [2.45, 2.75) is 0 Å². The number of aliphatic hydroxyl groups is 1. The lowest BCUT2D eigenvalue weighted by atomic mass is 10.1. The molecule has 1 fully saturated rings. The zero-order chi connectivity index (χ0) is 14.7. The molecule has 0 radical (unpaired) electrons. The summed E-state index contributed by atoms with van der Waals surface area (Å²) in [5.74, 6) is 0.0335. The highest BCUT2D eigenvalue weighted by molar-refractivity contribution is 5.97. The van der Waals surface area contributed by atoms with E-state index in [9.17, 15) is 4.79 Å². The summed E-state index contributed by atoms with van der Waals surface area (Å²) in [6.07, 6.45) is 3.27. The van der Waals surface area contributed by atoms with Gasteiger partial charge in [0, 0.05) is 50.7 Å². The summed E-state index contributed by atoms with van der Waals surface area (Å²) in [6, 6.07) is 5.43. The molecule has 1 amide bonds. The van der Waals surface area contributed by atoms with Crippen molar-refractivity contribution in [1.29, 1.82) is 0 Å². The Bertz CT molecular complexity index is 638. The van der Waals surface area contributed by atoms with Crippen LogP contribution in [0, 0.1) is 0 Å². The normalized spacial score (nSPS) is 16.3. The molecular formula is C15H18N4O2. The van der Waals surface area contributed by atoms with Crippen LogP contribution in [0.5, 0.6) is 0 Å². The minimum atomic E-state index is 0.0335. The van der Waals surface area contributed by atoms with Crippen molar-refractivity contribution >= 4 is 16.9 Å². The first-order valence-electron chi connectivity index (χ1n) is 7.11. The molecule has 1 N–H and O–H groups in total. The van der Waals surface area contributed by atoms with E-state index in [0.717, 1.165) is 24.1 Å². The van der Waals surface area contributed by atoms with E-state index < -0.39 is 0 Å². The Labute approximate surface area is 123 Å². The summed E-state index contributed by atoms with van der Waals surface area (Å²) >= 11 is 0. The summed E-state index contributed by atoms with van der Waals surface area (Å²) in [4.78, 5) is 25.0. The van der Waals surface area contributed by atoms with Gasteiger partial charge in [-0.25, -0.2) is 0 Å². The number of hydrogen-bond acceptors (Lipinski definition) is 5. The first-order valence-corrected chi connectivity index (χ1v) is 7.11. The van der Waals surface area contributed by atoms with Gasteiger partial charge >= 0.3 is 0 Å². The topological polar surface area (TPSA) is 69.6 Å². The van der Waals surface area contributed by atoms with Crippen LogP contribution in [-0.4, -0.2) is 70.1 Å². The fourth-order valence-electron chi connectivity index (χ4n) is 2.59. The lowest BCUT2D eigenvalue weighted by Gasteiger charge is -2.34. The molecule has 1 aromatic heterocycles. The Hall–Kier alpha value is -2.05. The van der Waals surface area contributed by atoms with Gasteiger partial charge in [0.2, 0.25) is 0 Å². The SMILES string of the molecule is O=C(c1ccc2nccnc2c1)N1CCN(CCO)CC1. The quantitative estimate of drug-likeness (QED) is 0.883. The smallest absolute Gasteiger partial charge is 0.254 e. The molecule has 0 saturated carbocycles. The lowest BCUT2D eigenvalue weighted by molar-refractivity contribution is 0.0615. The number of aromatic nitrogens is 2. The van der Waals surface area contributed by atoms with E-state index in [-0.39, 0.29) is 12.5 Å². The predicted molar refractivity (Wildman–Crippen MR) is 79.0 cm³/mol. The predicted octanol–water partition coefficient (Wildman–Crippen LogP) is 0.380. The van der Waals surface area contributed by atoms with Crippen molar-refractivity contribution in [2.75, 3.05) is 39.3 Å². The van der Waals surface area contributed by atoms with Gasteiger partial charge in [0.15, 0.2) is 0 Å². The maximum absolute atomic E-state index is 12.5. The highest BCUT2D eigenvalue weighted by Gasteiger charge is 2.21. The highest BCUT2D eigenvalue weighted by Crippen LogP contribution is 2.14. The van der Waals surface area contributed by atoms with Crippen LogP contribution in [0.1, 0.15) is 10.4 Å². The van der Waals surface area contributed by atoms with Crippen LogP contribution < -0.4 is 0 Å². The number of benzene rings is 1. The Morgan fingerprint density at radius 3 is 2.52 bits per heavy atom. The van der Waals surface area contributed by atoms with Gasteiger partial charge in [-0.15, -0.1) is 0 Å². The van der Waals surface area contributed by atoms with Crippen molar-refractivity contribution in [2.24, 2.45) is 0 Å². The molecule has 6 heteroatoms. The van der Waals surface area contributed by atoms with Crippen LogP contribution in [0.2, 0.25) is 0 Å². The first-order chi connectivity index (χ1) is 10.3. The standard InChI is InChI=1S/C15H18N4O2/c20-10-9-18-5-7-19(8-6-18)15(21)12-1-2-13-14(11-12)17-4-3-16-13/h1-4,11,20H,5-10H2. The first kappa shape index (κ1) is 13.9. The van der Waals surface area contributed by atoms with Crippen LogP contribution in [0.15, 0.2) is 30.6 Å². The summed E-state index contributed by atoms with van der Waals surface area (Å²) in [5.41, 5.74) is 2.18. The van der Waals surface area contributed by atoms with Gasteiger partial charge in [-0.1, -0.05) is 0 Å². The third-order valence-corrected chi connectivity index (χ3v) is 3.79. The number of rotatable bonds is 3. The number of amides is 1. The average Bonchev–Trinajstić information content (AvgIpc) is 2.55. The van der Waals surface area contributed by atoms with Gasteiger partial charge in [-0.05, 0) is 18.2 Å². The van der Waals surface area contributed by atoms with Gasteiger partial charge < -0.3 is 10.0 Å². The van der Waals surface area contributed by atoms with E-state index in [1.165, 1.54) is 0 Å². The number of piperazine rings is 1. The van der Waals surface area contributed by atoms with Crippen molar-refractivity contribution in [3.05, 3.63) is 36.2 Å². The largest absolute Gasteiger partial charge is 0.395 e. The van der Waals surface area contributed by atoms with Crippen LogP contribution in [0.3, 0.4) is 0 Å². The number of nitrogens with zero attached hydrogens (tertiary/aromatic N) is 4. The monoisotopic (exact) mass is 286 g/mol. The zero-order valence-corrected chi connectivity index (χ0v) is 11.8. The second-order valence-corrected chi connectivity index (χ2v) is 5.12. The number of fused-ring (bicyclic) bond motifs is 1. The molecule has 6 nitrogen and oxygen atoms in total. The molecule has 0 spiro atoms. The van der Waals surface area contributed by atoms with Gasteiger partial charge in [-0.2, -0.15) is 0 Å². The molecule has 2 heterocycles. The van der Waals surface area contributed by atoms with Gasteiger partial charge in [-0.3, -0.25) is 19.7 Å². The van der Waals surface area contributed by atoms with E-state index in [4.69, 9.17) is 5.11 Å². The van der Waals surface area contributed by atoms with Crippen molar-refractivity contribution in [3.63, 3.8) is 0 Å². The van der Waals surface area contributed by atoms with E-state index in [1.807, 2.05) is 11.0 Å². The summed E-state index contributed by atoms with van der Waals surface area (Å²) in [6.45, 7) is 3.83. The van der Waals surface area contributed by atoms with Gasteiger partial charge in [0.25, 0.3) is 5.91 Å². The molecule has 1 aromatic carbocycles. The molecule has 1 aliphatic heterocycles. The maximum Gasteiger partial charge on any atom is 0.254 e. The molecule has 3 rings (SSSR count). The molecule has 0 aliphatic carbocycles. The van der Waals surface area contributed by atoms with Crippen LogP contribution in [-0.2, 0) is 0 Å². The van der Waals surface area contributed by atoms with Crippen molar-refractivity contribution in [3.8, 4) is 0 Å². The summed E-state index contributed by atoms with van der Waals surface area (Å²) in [5, 5.41) is 8.94. The Morgan fingerprint density at radius 2 is 1.81 bits per heavy atom. The molecule has 0 bridgehead atoms. The second kappa shape index (κ2) is 6.15. The van der Waals surface area contributed by atoms with Crippen LogP contribution in [0.25, 0.3) is 11.0 Å². The number of carbonyl (C=O) groups excluding carboxylic acids is 1. The minimum absolute atomic E-state index is 0.0335. The maximum atomic E-state index is 12.5. The van der Waals surface area contributed by atoms with E-state index in [2.05, 4.69) is 14.9 Å². The Morgan fingerprint density at radius 1 is 1.10 bits per heavy atom. The Balaban J connectivity index is 1.72. The molecule has 0 atom stereocenters. The zero-order valence-electron chi connectivity index (χ0n) is 11.8. The van der Waals surface area contributed by atoms with Crippen LogP contribution in [0.4, 0.5) is 0 Å². The third-order valence-electron chi connectivity index (χ3n) is 3.79. The van der Waals surface area contributed by atoms with E-state index in [0.29, 0.717) is 25.2 Å². The molecule has 2 aromatic rings. The third kappa shape index (κ3) is 3.01. The molecular weight excluding hydrogens is 268 g/mol. The number of aliphatic hydroxyl groups excluding tert-OH is 1. The van der Waals surface area contributed by atoms with E-state index in [1.54, 1.807) is 24.5 Å². The lowest BCUT2D eigenvalue weighted by Crippen LogP contribution is -2.49. The Kier molecular flexibility index (Phi) is 4.08. The molecule has 1 aliphatic rings. The molecule has 110 valence electrons. The number of hydrogen-bond donors (Lipinski definition) is 1. The summed E-state index contributed by atoms with van der Waals surface area (Å²) < 4.78 is 0. The number of β-amino-alcohol motifs (C(OH)–C–C–N with tert-alkyl or cyclic N) is 1. The van der Waals surface area contributed by atoms with Gasteiger partial charge in [0.1, 0.15) is 0 Å².